The Morgan fingerprint density at radius 2 is 1.89 bits per heavy atom. The van der Waals surface area contributed by atoms with Gasteiger partial charge in [-0.15, -0.1) is 0 Å². The minimum absolute atomic E-state index is 0.645. The van der Waals surface area contributed by atoms with Gasteiger partial charge in [-0.2, -0.15) is 0 Å². The second-order valence-corrected chi connectivity index (χ2v) is 4.83. The van der Waals surface area contributed by atoms with Gasteiger partial charge in [0.15, 0.2) is 0 Å². The Hall–Kier alpha value is -1.87. The quantitative estimate of drug-likeness (QED) is 0.718. The Bertz CT molecular complexity index is 731. The summed E-state index contributed by atoms with van der Waals surface area (Å²) in [5.41, 5.74) is 5.27. The number of aromatic nitrogens is 3. The molecule has 0 saturated heterocycles. The summed E-state index contributed by atoms with van der Waals surface area (Å²) in [5, 5.41) is 1.68. The van der Waals surface area contributed by atoms with Crippen molar-refractivity contribution >= 4 is 22.6 Å². The Balaban J connectivity index is 2.31. The average molecular weight is 258 g/mol. The zero-order valence-corrected chi connectivity index (χ0v) is 10.9. The molecule has 90 valence electrons. The minimum atomic E-state index is 0.645. The minimum Gasteiger partial charge on any atom is -0.346 e. The number of rotatable bonds is 1. The predicted octanol–water partition coefficient (Wildman–Crippen LogP) is 3.90. The van der Waals surface area contributed by atoms with Crippen LogP contribution in [0, 0.1) is 13.8 Å². The smallest absolute Gasteiger partial charge is 0.137 e. The van der Waals surface area contributed by atoms with Crippen LogP contribution >= 0.6 is 11.6 Å². The summed E-state index contributed by atoms with van der Waals surface area (Å²) in [6.45, 7) is 4.04. The van der Waals surface area contributed by atoms with Crippen LogP contribution in [0.1, 0.15) is 11.3 Å². The largest absolute Gasteiger partial charge is 0.346 e. The van der Waals surface area contributed by atoms with E-state index in [1.165, 1.54) is 0 Å². The van der Waals surface area contributed by atoms with Gasteiger partial charge >= 0.3 is 0 Å². The van der Waals surface area contributed by atoms with Crippen molar-refractivity contribution in [2.24, 2.45) is 0 Å². The second kappa shape index (κ2) is 4.10. The van der Waals surface area contributed by atoms with Crippen molar-refractivity contribution in [3.05, 3.63) is 47.0 Å². The third-order valence-electron chi connectivity index (χ3n) is 3.03. The van der Waals surface area contributed by atoms with Crippen LogP contribution in [0.5, 0.6) is 0 Å². The van der Waals surface area contributed by atoms with Crippen molar-refractivity contribution in [3.8, 4) is 11.1 Å². The summed E-state index contributed by atoms with van der Waals surface area (Å²) in [5.74, 6) is 0. The molecule has 0 amide bonds. The van der Waals surface area contributed by atoms with Crippen molar-refractivity contribution in [1.82, 2.24) is 15.0 Å². The second-order valence-electron chi connectivity index (χ2n) is 4.39. The molecule has 18 heavy (non-hydrogen) atoms. The molecule has 3 heterocycles. The fraction of sp³-hybridized carbons (Fsp3) is 0.143. The SMILES string of the molecule is Cc1cc(-c2c[nH]c3ncc(Cl)cc23)c(C)cn1. The molecule has 0 unspecified atom stereocenters. The molecular formula is C14H12ClN3. The monoisotopic (exact) mass is 257 g/mol. The Morgan fingerprint density at radius 3 is 2.72 bits per heavy atom. The van der Waals surface area contributed by atoms with Crippen LogP contribution in [0.2, 0.25) is 5.02 Å². The summed E-state index contributed by atoms with van der Waals surface area (Å²) in [4.78, 5) is 11.7. The molecule has 0 saturated carbocycles. The molecule has 0 fully saturated rings. The van der Waals surface area contributed by atoms with Crippen molar-refractivity contribution < 1.29 is 0 Å². The summed E-state index contributed by atoms with van der Waals surface area (Å²) < 4.78 is 0. The molecule has 0 radical (unpaired) electrons. The van der Waals surface area contributed by atoms with E-state index in [0.29, 0.717) is 5.02 Å². The van der Waals surface area contributed by atoms with Gasteiger partial charge in [0, 0.05) is 35.2 Å². The van der Waals surface area contributed by atoms with Gasteiger partial charge in [0.2, 0.25) is 0 Å². The number of H-pyrrole nitrogens is 1. The summed E-state index contributed by atoms with van der Waals surface area (Å²) in [7, 11) is 0. The standard InChI is InChI=1S/C14H12ClN3/c1-8-5-16-9(2)3-11(8)13-7-18-14-12(13)4-10(15)6-17-14/h3-7H,1-2H3,(H,17,18). The van der Waals surface area contributed by atoms with E-state index in [1.54, 1.807) is 6.20 Å². The van der Waals surface area contributed by atoms with Gasteiger partial charge in [-0.1, -0.05) is 11.6 Å². The molecule has 1 N–H and O–H groups in total. The fourth-order valence-corrected chi connectivity index (χ4v) is 2.28. The lowest BCUT2D eigenvalue weighted by molar-refractivity contribution is 1.17. The van der Waals surface area contributed by atoms with Crippen LogP contribution in [-0.4, -0.2) is 15.0 Å². The van der Waals surface area contributed by atoms with Crippen molar-refractivity contribution in [2.45, 2.75) is 13.8 Å². The molecule has 0 aliphatic rings. The number of nitrogens with zero attached hydrogens (tertiary/aromatic N) is 2. The molecular weight excluding hydrogens is 246 g/mol. The molecule has 0 spiro atoms. The molecule has 0 aliphatic carbocycles. The first-order valence-electron chi connectivity index (χ1n) is 5.71. The fourth-order valence-electron chi connectivity index (χ4n) is 2.12. The molecule has 0 aliphatic heterocycles. The van der Waals surface area contributed by atoms with E-state index in [4.69, 9.17) is 11.6 Å². The Morgan fingerprint density at radius 1 is 1.06 bits per heavy atom. The van der Waals surface area contributed by atoms with E-state index in [1.807, 2.05) is 25.4 Å². The highest BCUT2D eigenvalue weighted by Gasteiger charge is 2.10. The van der Waals surface area contributed by atoms with Gasteiger partial charge in [0.05, 0.1) is 5.02 Å². The van der Waals surface area contributed by atoms with Crippen LogP contribution in [0.15, 0.2) is 30.7 Å². The van der Waals surface area contributed by atoms with Gasteiger partial charge in [-0.3, -0.25) is 4.98 Å². The number of halogens is 1. The van der Waals surface area contributed by atoms with Crippen molar-refractivity contribution in [1.29, 1.82) is 0 Å². The van der Waals surface area contributed by atoms with Gasteiger partial charge in [0.25, 0.3) is 0 Å². The number of hydrogen-bond acceptors (Lipinski definition) is 2. The first-order chi connectivity index (χ1) is 8.65. The van der Waals surface area contributed by atoms with E-state index >= 15 is 0 Å². The van der Waals surface area contributed by atoms with Crippen molar-refractivity contribution in [2.75, 3.05) is 0 Å². The lowest BCUT2D eigenvalue weighted by Crippen LogP contribution is -1.87. The molecule has 0 atom stereocenters. The molecule has 4 heteroatoms. The molecule has 0 aromatic carbocycles. The third kappa shape index (κ3) is 1.77. The molecule has 3 aromatic heterocycles. The van der Waals surface area contributed by atoms with E-state index in [2.05, 4.69) is 27.9 Å². The maximum Gasteiger partial charge on any atom is 0.137 e. The van der Waals surface area contributed by atoms with E-state index in [9.17, 15) is 0 Å². The molecule has 0 bridgehead atoms. The van der Waals surface area contributed by atoms with E-state index in [-0.39, 0.29) is 0 Å². The molecule has 3 aromatic rings. The van der Waals surface area contributed by atoms with Crippen LogP contribution in [0.25, 0.3) is 22.2 Å². The Labute approximate surface area is 110 Å². The zero-order valence-electron chi connectivity index (χ0n) is 10.2. The maximum atomic E-state index is 6.02. The van der Waals surface area contributed by atoms with E-state index in [0.717, 1.165) is 33.4 Å². The summed E-state index contributed by atoms with van der Waals surface area (Å²) in [6.07, 6.45) is 5.51. The van der Waals surface area contributed by atoms with Crippen molar-refractivity contribution in [3.63, 3.8) is 0 Å². The number of aromatic amines is 1. The van der Waals surface area contributed by atoms with Crippen LogP contribution in [0.3, 0.4) is 0 Å². The predicted molar refractivity (Wildman–Crippen MR) is 73.8 cm³/mol. The lowest BCUT2D eigenvalue weighted by atomic mass is 10.0. The first kappa shape index (κ1) is 11.2. The van der Waals surface area contributed by atoms with Crippen LogP contribution in [0.4, 0.5) is 0 Å². The number of aryl methyl sites for hydroxylation is 2. The number of hydrogen-bond donors (Lipinski definition) is 1. The number of fused-ring (bicyclic) bond motifs is 1. The van der Waals surface area contributed by atoms with Gasteiger partial charge < -0.3 is 4.98 Å². The summed E-state index contributed by atoms with van der Waals surface area (Å²) >= 11 is 6.02. The molecule has 3 nitrogen and oxygen atoms in total. The van der Waals surface area contributed by atoms with E-state index < -0.39 is 0 Å². The first-order valence-corrected chi connectivity index (χ1v) is 6.09. The zero-order chi connectivity index (χ0) is 12.7. The van der Waals surface area contributed by atoms with Gasteiger partial charge in [-0.25, -0.2) is 4.98 Å². The highest BCUT2D eigenvalue weighted by atomic mass is 35.5. The highest BCUT2D eigenvalue weighted by molar-refractivity contribution is 6.31. The Kier molecular flexibility index (Phi) is 2.56. The van der Waals surface area contributed by atoms with Crippen LogP contribution < -0.4 is 0 Å². The third-order valence-corrected chi connectivity index (χ3v) is 3.23. The van der Waals surface area contributed by atoms with Gasteiger partial charge in [0.1, 0.15) is 5.65 Å². The van der Waals surface area contributed by atoms with Gasteiger partial charge in [-0.05, 0) is 37.1 Å². The lowest BCUT2D eigenvalue weighted by Gasteiger charge is -2.05. The number of nitrogens with one attached hydrogen (secondary N) is 1. The normalized spacial score (nSPS) is 11.1. The topological polar surface area (TPSA) is 41.6 Å². The molecule has 3 rings (SSSR count). The van der Waals surface area contributed by atoms with Crippen LogP contribution in [-0.2, 0) is 0 Å². The summed E-state index contributed by atoms with van der Waals surface area (Å²) in [6, 6.07) is 4.02. The average Bonchev–Trinajstić information content (AvgIpc) is 2.75. The highest BCUT2D eigenvalue weighted by Crippen LogP contribution is 2.31. The maximum absolute atomic E-state index is 6.02. The number of pyridine rings is 2.